The van der Waals surface area contributed by atoms with Crippen molar-refractivity contribution < 1.29 is 24.2 Å². The van der Waals surface area contributed by atoms with Crippen LogP contribution in [0.2, 0.25) is 0 Å². The van der Waals surface area contributed by atoms with Crippen molar-refractivity contribution in [2.24, 2.45) is 5.92 Å². The second-order valence-corrected chi connectivity index (χ2v) is 10.3. The minimum atomic E-state index is -1.11. The van der Waals surface area contributed by atoms with Gasteiger partial charge in [0.2, 0.25) is 5.91 Å². The highest BCUT2D eigenvalue weighted by Gasteiger charge is 2.45. The first-order valence-electron chi connectivity index (χ1n) is 12.5. The van der Waals surface area contributed by atoms with Gasteiger partial charge in [-0.15, -0.1) is 0 Å². The van der Waals surface area contributed by atoms with Crippen LogP contribution in [0.4, 0.5) is 4.79 Å². The van der Waals surface area contributed by atoms with E-state index < -0.39 is 17.6 Å². The first-order chi connectivity index (χ1) is 16.9. The molecule has 3 aliphatic rings. The van der Waals surface area contributed by atoms with Gasteiger partial charge in [-0.1, -0.05) is 48.5 Å². The van der Waals surface area contributed by atoms with Gasteiger partial charge in [-0.3, -0.25) is 4.79 Å². The number of carbonyl (C=O) groups is 3. The summed E-state index contributed by atoms with van der Waals surface area (Å²) in [6.45, 7) is 2.42. The maximum atomic E-state index is 12.9. The number of fused-ring (bicyclic) bond motifs is 3. The maximum absolute atomic E-state index is 12.9. The molecule has 0 radical (unpaired) electrons. The number of carbonyl (C=O) groups excluding carboxylic acids is 2. The lowest BCUT2D eigenvalue weighted by Gasteiger charge is -2.43. The molecule has 5 rings (SSSR count). The molecule has 7 heteroatoms. The van der Waals surface area contributed by atoms with Crippen molar-refractivity contribution in [3.63, 3.8) is 0 Å². The smallest absolute Gasteiger partial charge is 0.407 e. The number of alkyl carbamates (subject to hydrolysis) is 1. The molecule has 2 aromatic rings. The van der Waals surface area contributed by atoms with Crippen molar-refractivity contribution in [2.45, 2.75) is 62.9 Å². The van der Waals surface area contributed by atoms with Crippen LogP contribution in [0.15, 0.2) is 48.5 Å². The Balaban J connectivity index is 1.10. The third-order valence-electron chi connectivity index (χ3n) is 8.02. The van der Waals surface area contributed by atoms with Gasteiger partial charge in [0, 0.05) is 24.9 Å². The fourth-order valence-electron chi connectivity index (χ4n) is 5.93. The highest BCUT2D eigenvalue weighted by Crippen LogP contribution is 2.44. The van der Waals surface area contributed by atoms with Crippen molar-refractivity contribution in [3.8, 4) is 11.1 Å². The Labute approximate surface area is 205 Å². The lowest BCUT2D eigenvalue weighted by Crippen LogP contribution is -2.58. The van der Waals surface area contributed by atoms with Crippen LogP contribution in [0.3, 0.4) is 0 Å². The van der Waals surface area contributed by atoms with Crippen molar-refractivity contribution in [2.75, 3.05) is 13.2 Å². The van der Waals surface area contributed by atoms with E-state index in [0.717, 1.165) is 12.8 Å². The van der Waals surface area contributed by atoms with Crippen LogP contribution in [-0.2, 0) is 14.3 Å². The van der Waals surface area contributed by atoms with E-state index in [1.807, 2.05) is 24.3 Å². The lowest BCUT2D eigenvalue weighted by atomic mass is 9.77. The molecule has 7 nitrogen and oxygen atoms in total. The monoisotopic (exact) mass is 476 g/mol. The molecule has 1 saturated carbocycles. The Hall–Kier alpha value is -3.35. The number of aliphatic carboxylic acids is 1. The van der Waals surface area contributed by atoms with Gasteiger partial charge < -0.3 is 20.1 Å². The average Bonchev–Trinajstić information content (AvgIpc) is 3.15. The van der Waals surface area contributed by atoms with E-state index in [9.17, 15) is 19.5 Å². The van der Waals surface area contributed by atoms with Crippen LogP contribution in [-0.4, -0.2) is 52.7 Å². The molecule has 2 aliphatic carbocycles. The summed E-state index contributed by atoms with van der Waals surface area (Å²) >= 11 is 0. The van der Waals surface area contributed by atoms with Crippen LogP contribution in [0.1, 0.15) is 62.5 Å². The summed E-state index contributed by atoms with van der Waals surface area (Å²) in [6, 6.07) is 16.4. The number of carboxylic acid groups (broad SMARTS) is 1. The number of amides is 2. The molecule has 1 aliphatic heterocycles. The molecule has 0 aromatic heterocycles. The summed E-state index contributed by atoms with van der Waals surface area (Å²) in [4.78, 5) is 38.7. The number of hydrogen-bond acceptors (Lipinski definition) is 4. The number of likely N-dealkylation sites (tertiary alicyclic amines) is 1. The quantitative estimate of drug-likeness (QED) is 0.638. The maximum Gasteiger partial charge on any atom is 0.407 e. The first-order valence-corrected chi connectivity index (χ1v) is 12.5. The molecule has 35 heavy (non-hydrogen) atoms. The molecule has 1 unspecified atom stereocenters. The molecule has 184 valence electrons. The van der Waals surface area contributed by atoms with E-state index in [1.54, 1.807) is 11.8 Å². The summed E-state index contributed by atoms with van der Waals surface area (Å²) in [7, 11) is 0. The zero-order valence-electron chi connectivity index (χ0n) is 20.0. The van der Waals surface area contributed by atoms with Gasteiger partial charge in [0.05, 0.1) is 0 Å². The lowest BCUT2D eigenvalue weighted by molar-refractivity contribution is -0.161. The Morgan fingerprint density at radius 2 is 1.66 bits per heavy atom. The summed E-state index contributed by atoms with van der Waals surface area (Å²) in [5.74, 6) is -0.859. The Kier molecular flexibility index (Phi) is 6.26. The predicted octanol–water partition coefficient (Wildman–Crippen LogP) is 4.55. The van der Waals surface area contributed by atoms with Gasteiger partial charge >= 0.3 is 12.1 Å². The molecule has 1 heterocycles. The van der Waals surface area contributed by atoms with Crippen LogP contribution >= 0.6 is 0 Å². The van der Waals surface area contributed by atoms with E-state index in [0.29, 0.717) is 32.2 Å². The number of carboxylic acids is 1. The van der Waals surface area contributed by atoms with E-state index in [1.165, 1.54) is 22.3 Å². The Morgan fingerprint density at radius 3 is 2.29 bits per heavy atom. The van der Waals surface area contributed by atoms with Crippen molar-refractivity contribution in [1.29, 1.82) is 0 Å². The molecule has 2 amide bonds. The molecular weight excluding hydrogens is 444 g/mol. The third-order valence-corrected chi connectivity index (χ3v) is 8.02. The van der Waals surface area contributed by atoms with Crippen LogP contribution in [0.5, 0.6) is 0 Å². The molecule has 0 spiro atoms. The molecule has 2 aromatic carbocycles. The zero-order chi connectivity index (χ0) is 24.6. The number of benzene rings is 2. The number of piperidine rings is 1. The van der Waals surface area contributed by atoms with Gasteiger partial charge in [-0.05, 0) is 67.2 Å². The van der Waals surface area contributed by atoms with E-state index in [-0.39, 0.29) is 30.4 Å². The Bertz CT molecular complexity index is 1100. The normalized spacial score (nSPS) is 25.2. The minimum absolute atomic E-state index is 0.0179. The third kappa shape index (κ3) is 4.40. The summed E-state index contributed by atoms with van der Waals surface area (Å²) < 4.78 is 5.62. The number of nitrogens with zero attached hydrogens (tertiary/aromatic N) is 1. The predicted molar refractivity (Wildman–Crippen MR) is 131 cm³/mol. The summed E-state index contributed by atoms with van der Waals surface area (Å²) in [5.41, 5.74) is 3.62. The van der Waals surface area contributed by atoms with Crippen molar-refractivity contribution >= 4 is 18.0 Å². The van der Waals surface area contributed by atoms with E-state index in [4.69, 9.17) is 4.74 Å². The molecule has 1 atom stereocenters. The van der Waals surface area contributed by atoms with Gasteiger partial charge in [0.15, 0.2) is 0 Å². The first kappa shape index (κ1) is 23.4. The van der Waals surface area contributed by atoms with Crippen LogP contribution in [0.25, 0.3) is 11.1 Å². The molecule has 0 bridgehead atoms. The number of hydrogen-bond donors (Lipinski definition) is 2. The minimum Gasteiger partial charge on any atom is -0.480 e. The largest absolute Gasteiger partial charge is 0.480 e. The molecule has 2 fully saturated rings. The fourth-order valence-corrected chi connectivity index (χ4v) is 5.93. The highest BCUT2D eigenvalue weighted by molar-refractivity contribution is 5.87. The zero-order valence-corrected chi connectivity index (χ0v) is 20.0. The molecular formula is C28H32N2O5. The molecule has 1 saturated heterocycles. The number of ether oxygens (including phenoxy) is 1. The van der Waals surface area contributed by atoms with Crippen LogP contribution in [0, 0.1) is 5.92 Å². The SMILES string of the molecule is CC1(C(=O)O)CCCCN1C(=O)CC1CC(NC(=O)OCC2c3ccccc3-c3ccccc32)C1. The second kappa shape index (κ2) is 9.36. The van der Waals surface area contributed by atoms with Crippen LogP contribution < -0.4 is 5.32 Å². The van der Waals surface area contributed by atoms with Gasteiger partial charge in [0.25, 0.3) is 0 Å². The van der Waals surface area contributed by atoms with Gasteiger partial charge in [-0.25, -0.2) is 9.59 Å². The number of nitrogens with one attached hydrogen (secondary N) is 1. The average molecular weight is 477 g/mol. The van der Waals surface area contributed by atoms with E-state index in [2.05, 4.69) is 29.6 Å². The number of rotatable bonds is 6. The van der Waals surface area contributed by atoms with Crippen molar-refractivity contribution in [3.05, 3.63) is 59.7 Å². The highest BCUT2D eigenvalue weighted by atomic mass is 16.5. The topological polar surface area (TPSA) is 95.9 Å². The summed E-state index contributed by atoms with van der Waals surface area (Å²) in [6.07, 6.45) is 3.45. The standard InChI is InChI=1S/C28H32N2O5/c1-28(26(32)33)12-6-7-13-30(28)25(31)16-18-14-19(15-18)29-27(34)35-17-24-22-10-4-2-8-20(22)21-9-3-5-11-23(21)24/h2-5,8-11,18-19,24H,6-7,12-17H2,1H3,(H,29,34)(H,32,33). The van der Waals surface area contributed by atoms with Gasteiger partial charge in [-0.2, -0.15) is 0 Å². The Morgan fingerprint density at radius 1 is 1.03 bits per heavy atom. The summed E-state index contributed by atoms with van der Waals surface area (Å²) in [5, 5.41) is 12.6. The fraction of sp³-hybridized carbons (Fsp3) is 0.464. The van der Waals surface area contributed by atoms with Gasteiger partial charge in [0.1, 0.15) is 12.1 Å². The van der Waals surface area contributed by atoms with E-state index >= 15 is 0 Å². The van der Waals surface area contributed by atoms with Crippen molar-refractivity contribution in [1.82, 2.24) is 10.2 Å². The second-order valence-electron chi connectivity index (χ2n) is 10.3. The molecule has 2 N–H and O–H groups in total.